The lowest BCUT2D eigenvalue weighted by molar-refractivity contribution is 0.616. The minimum absolute atomic E-state index is 0.000191. The zero-order valence-corrected chi connectivity index (χ0v) is 18.0. The maximum absolute atomic E-state index is 14.6. The summed E-state index contributed by atoms with van der Waals surface area (Å²) >= 11 is 6.17. The van der Waals surface area contributed by atoms with Gasteiger partial charge in [0, 0.05) is 6.07 Å². The minimum Gasteiger partial charge on any atom is -0.382 e. The summed E-state index contributed by atoms with van der Waals surface area (Å²) in [4.78, 5) is 29.7. The van der Waals surface area contributed by atoms with Crippen molar-refractivity contribution in [3.8, 4) is 11.8 Å². The van der Waals surface area contributed by atoms with E-state index in [0.717, 1.165) is 22.9 Å². The van der Waals surface area contributed by atoms with E-state index >= 15 is 0 Å². The summed E-state index contributed by atoms with van der Waals surface area (Å²) in [5.41, 5.74) is 4.89. The highest BCUT2D eigenvalue weighted by Gasteiger charge is 2.23. The number of fused-ring (bicyclic) bond motifs is 1. The summed E-state index contributed by atoms with van der Waals surface area (Å²) < 4.78 is 29.6. The Balaban J connectivity index is 1.99. The Bertz CT molecular complexity index is 1520. The average molecular weight is 469 g/mol. The Kier molecular flexibility index (Phi) is 5.61. The molecule has 0 bridgehead atoms. The number of hydrogen-bond donors (Lipinski definition) is 2. The summed E-state index contributed by atoms with van der Waals surface area (Å²) in [6.45, 7) is 3.20. The predicted molar refractivity (Wildman–Crippen MR) is 118 cm³/mol. The molecular weight excluding hydrogens is 454 g/mol. The zero-order chi connectivity index (χ0) is 23.9. The van der Waals surface area contributed by atoms with Crippen LogP contribution in [0.3, 0.4) is 0 Å². The molecule has 1 unspecified atom stereocenters. The molecule has 0 fully saturated rings. The molecule has 0 saturated heterocycles. The normalized spacial score (nSPS) is 11.9. The third-order valence-electron chi connectivity index (χ3n) is 4.80. The second-order valence-corrected chi connectivity index (χ2v) is 7.49. The van der Waals surface area contributed by atoms with Gasteiger partial charge in [0.05, 0.1) is 34.5 Å². The number of hydrogen-bond acceptors (Lipinski definition) is 8. The smallest absolute Gasteiger partial charge is 0.267 e. The summed E-state index contributed by atoms with van der Waals surface area (Å²) in [6, 6.07) is 4.51. The van der Waals surface area contributed by atoms with Gasteiger partial charge in [-0.15, -0.1) is 0 Å². The van der Waals surface area contributed by atoms with Crippen LogP contribution in [-0.2, 0) is 0 Å². The second kappa shape index (κ2) is 8.40. The van der Waals surface area contributed by atoms with Crippen LogP contribution in [0.5, 0.6) is 0 Å². The number of nitriles is 1. The molecule has 0 saturated carbocycles. The molecule has 33 heavy (non-hydrogen) atoms. The molecule has 0 aliphatic carbocycles. The molecule has 3 aromatic heterocycles. The molecule has 0 radical (unpaired) electrons. The highest BCUT2D eigenvalue weighted by atomic mass is 35.5. The van der Waals surface area contributed by atoms with Crippen LogP contribution in [0.2, 0.25) is 5.02 Å². The SMILES string of the molecule is Cc1nc(N)c(C#N)c(NC(C)c2nc3c(F)ccc(Cl)c3c(=O)n2-c2cncc(F)c2)n1. The molecule has 3 N–H and O–H groups in total. The molecule has 9 nitrogen and oxygen atoms in total. The van der Waals surface area contributed by atoms with Crippen LogP contribution in [0, 0.1) is 29.9 Å². The first-order chi connectivity index (χ1) is 15.7. The zero-order valence-electron chi connectivity index (χ0n) is 17.3. The van der Waals surface area contributed by atoms with Gasteiger partial charge in [0.15, 0.2) is 5.82 Å². The van der Waals surface area contributed by atoms with E-state index in [1.807, 2.05) is 6.07 Å². The van der Waals surface area contributed by atoms with Gasteiger partial charge in [-0.05, 0) is 26.0 Å². The van der Waals surface area contributed by atoms with Crippen LogP contribution in [0.1, 0.15) is 30.2 Å². The number of nitrogen functional groups attached to an aromatic ring is 1. The first-order valence-electron chi connectivity index (χ1n) is 9.53. The molecule has 0 spiro atoms. The molecule has 166 valence electrons. The van der Waals surface area contributed by atoms with Crippen LogP contribution in [0.25, 0.3) is 16.6 Å². The summed E-state index contributed by atoms with van der Waals surface area (Å²) in [5, 5.41) is 12.2. The minimum atomic E-state index is -0.829. The molecule has 1 aromatic carbocycles. The maximum Gasteiger partial charge on any atom is 0.267 e. The topological polar surface area (TPSA) is 135 Å². The molecule has 1 atom stereocenters. The fourth-order valence-electron chi connectivity index (χ4n) is 3.38. The van der Waals surface area contributed by atoms with Gasteiger partial charge >= 0.3 is 0 Å². The van der Waals surface area contributed by atoms with Crippen molar-refractivity contribution in [3.63, 3.8) is 0 Å². The Morgan fingerprint density at radius 2 is 2.00 bits per heavy atom. The fraction of sp³-hybridized carbons (Fsp3) is 0.143. The van der Waals surface area contributed by atoms with Crippen molar-refractivity contribution in [2.75, 3.05) is 11.1 Å². The van der Waals surface area contributed by atoms with Gasteiger partial charge in [0.25, 0.3) is 5.56 Å². The first kappa shape index (κ1) is 22.0. The van der Waals surface area contributed by atoms with Gasteiger partial charge in [-0.1, -0.05) is 11.6 Å². The largest absolute Gasteiger partial charge is 0.382 e. The molecule has 0 amide bonds. The fourth-order valence-corrected chi connectivity index (χ4v) is 3.61. The Morgan fingerprint density at radius 1 is 1.24 bits per heavy atom. The van der Waals surface area contributed by atoms with Crippen LogP contribution in [-0.4, -0.2) is 24.5 Å². The van der Waals surface area contributed by atoms with Gasteiger partial charge in [0.1, 0.15) is 46.3 Å². The van der Waals surface area contributed by atoms with Gasteiger partial charge < -0.3 is 11.1 Å². The lowest BCUT2D eigenvalue weighted by Crippen LogP contribution is -2.28. The van der Waals surface area contributed by atoms with E-state index in [1.165, 1.54) is 12.3 Å². The molecule has 0 aliphatic rings. The second-order valence-electron chi connectivity index (χ2n) is 7.08. The number of nitrogens with zero attached hydrogens (tertiary/aromatic N) is 6. The van der Waals surface area contributed by atoms with E-state index in [1.54, 1.807) is 13.8 Å². The van der Waals surface area contributed by atoms with Crippen LogP contribution < -0.4 is 16.6 Å². The molecule has 3 heterocycles. The molecule has 4 aromatic rings. The van der Waals surface area contributed by atoms with E-state index in [9.17, 15) is 18.8 Å². The van der Waals surface area contributed by atoms with Gasteiger partial charge in [-0.3, -0.25) is 14.3 Å². The van der Waals surface area contributed by atoms with E-state index < -0.39 is 23.2 Å². The molecule has 0 aliphatic heterocycles. The highest BCUT2D eigenvalue weighted by molar-refractivity contribution is 6.35. The maximum atomic E-state index is 14.6. The number of nitrogens with one attached hydrogen (secondary N) is 1. The van der Waals surface area contributed by atoms with E-state index in [4.69, 9.17) is 17.3 Å². The Hall–Kier alpha value is -4.17. The average Bonchev–Trinajstić information content (AvgIpc) is 2.75. The van der Waals surface area contributed by atoms with Crippen molar-refractivity contribution < 1.29 is 8.78 Å². The number of aryl methyl sites for hydroxylation is 1. The van der Waals surface area contributed by atoms with Gasteiger partial charge in [-0.2, -0.15) is 5.26 Å². The number of rotatable bonds is 4. The Labute approximate surface area is 190 Å². The monoisotopic (exact) mass is 468 g/mol. The standard InChI is InChI=1S/C21H15ClF2N8O/c1-9(28-19-13(6-25)18(26)29-10(2)30-19)20-31-17-15(24)4-3-14(22)16(17)21(33)32(20)12-5-11(23)7-27-8-12/h3-5,7-9H,1-2H3,(H3,26,28,29,30). The Morgan fingerprint density at radius 3 is 2.70 bits per heavy atom. The number of pyridine rings is 1. The molecule has 4 rings (SSSR count). The summed E-state index contributed by atoms with van der Waals surface area (Å²) in [5.74, 6) is -1.08. The van der Waals surface area contributed by atoms with Gasteiger partial charge in [0.2, 0.25) is 0 Å². The van der Waals surface area contributed by atoms with E-state index in [0.29, 0.717) is 5.82 Å². The lowest BCUT2D eigenvalue weighted by atomic mass is 10.2. The number of benzene rings is 1. The predicted octanol–water partition coefficient (Wildman–Crippen LogP) is 3.44. The van der Waals surface area contributed by atoms with E-state index in [-0.39, 0.29) is 44.6 Å². The van der Waals surface area contributed by atoms with E-state index in [2.05, 4.69) is 25.3 Å². The van der Waals surface area contributed by atoms with Crippen molar-refractivity contribution in [1.29, 1.82) is 5.26 Å². The van der Waals surface area contributed by atoms with Crippen LogP contribution >= 0.6 is 11.6 Å². The van der Waals surface area contributed by atoms with Crippen molar-refractivity contribution in [2.24, 2.45) is 0 Å². The number of anilines is 2. The number of nitrogens with two attached hydrogens (primary N) is 1. The first-order valence-corrected chi connectivity index (χ1v) is 9.91. The quantitative estimate of drug-likeness (QED) is 0.465. The third kappa shape index (κ3) is 3.92. The van der Waals surface area contributed by atoms with Crippen LogP contribution in [0.15, 0.2) is 35.4 Å². The van der Waals surface area contributed by atoms with Crippen LogP contribution in [0.4, 0.5) is 20.4 Å². The number of halogens is 3. The van der Waals surface area contributed by atoms with Crippen molar-refractivity contribution in [2.45, 2.75) is 19.9 Å². The van der Waals surface area contributed by atoms with Crippen molar-refractivity contribution in [3.05, 3.63) is 74.8 Å². The molecular formula is C21H15ClF2N8O. The lowest BCUT2D eigenvalue weighted by Gasteiger charge is -2.21. The molecule has 12 heteroatoms. The highest BCUT2D eigenvalue weighted by Crippen LogP contribution is 2.27. The van der Waals surface area contributed by atoms with Crippen molar-refractivity contribution in [1.82, 2.24) is 24.5 Å². The third-order valence-corrected chi connectivity index (χ3v) is 5.11. The summed E-state index contributed by atoms with van der Waals surface area (Å²) in [6.07, 6.45) is 2.23. The summed E-state index contributed by atoms with van der Waals surface area (Å²) in [7, 11) is 0. The number of aromatic nitrogens is 5. The van der Waals surface area contributed by atoms with Crippen molar-refractivity contribution >= 4 is 34.1 Å². The van der Waals surface area contributed by atoms with Gasteiger partial charge in [-0.25, -0.2) is 23.7 Å².